The molecule has 1 N–H and O–H groups in total. The molecule has 0 bridgehead atoms. The van der Waals surface area contributed by atoms with Crippen LogP contribution in [0.25, 0.3) is 0 Å². The number of alkyl halides is 1. The van der Waals surface area contributed by atoms with Crippen LogP contribution in [0.15, 0.2) is 12.3 Å². The number of carbonyl (C=O) groups excluding carboxylic acids is 1. The predicted molar refractivity (Wildman–Crippen MR) is 74.9 cm³/mol. The van der Waals surface area contributed by atoms with Crippen molar-refractivity contribution in [3.05, 3.63) is 18.0 Å². The third-order valence-electron chi connectivity index (χ3n) is 3.77. The van der Waals surface area contributed by atoms with E-state index in [1.807, 2.05) is 7.05 Å². The first-order valence-corrected chi connectivity index (χ1v) is 7.61. The first-order chi connectivity index (χ1) is 8.65. The average molecular weight is 314 g/mol. The van der Waals surface area contributed by atoms with Crippen molar-refractivity contribution in [1.82, 2.24) is 15.1 Å². The monoisotopic (exact) mass is 313 g/mol. The molecule has 0 atom stereocenters. The number of halogens is 1. The van der Waals surface area contributed by atoms with Crippen LogP contribution in [0.5, 0.6) is 0 Å². The van der Waals surface area contributed by atoms with Crippen molar-refractivity contribution in [2.45, 2.75) is 32.1 Å². The zero-order valence-electron chi connectivity index (χ0n) is 10.8. The molecular formula is C13H20BrN3O. The molecule has 100 valence electrons. The second kappa shape index (κ2) is 5.87. The highest BCUT2D eigenvalue weighted by molar-refractivity contribution is 9.09. The molecule has 4 nitrogen and oxygen atoms in total. The Balaban J connectivity index is 1.91. The summed E-state index contributed by atoms with van der Waals surface area (Å²) in [5.74, 6) is -0.0681. The molecule has 0 spiro atoms. The average Bonchev–Trinajstić information content (AvgIpc) is 2.84. The van der Waals surface area contributed by atoms with Gasteiger partial charge in [-0.1, -0.05) is 35.2 Å². The molecule has 1 fully saturated rings. The number of hydrogen-bond donors (Lipinski definition) is 1. The molecule has 0 aliphatic heterocycles. The number of hydrogen-bond acceptors (Lipinski definition) is 2. The highest BCUT2D eigenvalue weighted by Crippen LogP contribution is 2.37. The molecule has 1 aromatic heterocycles. The molecule has 1 saturated carbocycles. The Kier molecular flexibility index (Phi) is 4.43. The lowest BCUT2D eigenvalue weighted by molar-refractivity contribution is 0.0916. The van der Waals surface area contributed by atoms with Crippen molar-refractivity contribution in [2.24, 2.45) is 12.5 Å². The second-order valence-corrected chi connectivity index (χ2v) is 5.81. The van der Waals surface area contributed by atoms with Gasteiger partial charge >= 0.3 is 0 Å². The fraction of sp³-hybridized carbons (Fsp3) is 0.692. The van der Waals surface area contributed by atoms with Crippen LogP contribution in [0.1, 0.15) is 42.6 Å². The van der Waals surface area contributed by atoms with Crippen molar-refractivity contribution in [3.8, 4) is 0 Å². The summed E-state index contributed by atoms with van der Waals surface area (Å²) in [5.41, 5.74) is 0.737. The minimum Gasteiger partial charge on any atom is -0.350 e. The predicted octanol–water partition coefficient (Wildman–Crippen LogP) is 2.50. The van der Waals surface area contributed by atoms with Gasteiger partial charge in [0.2, 0.25) is 0 Å². The van der Waals surface area contributed by atoms with E-state index in [1.165, 1.54) is 32.1 Å². The van der Waals surface area contributed by atoms with Crippen LogP contribution in [0, 0.1) is 5.41 Å². The van der Waals surface area contributed by atoms with Crippen molar-refractivity contribution in [3.63, 3.8) is 0 Å². The summed E-state index contributed by atoms with van der Waals surface area (Å²) in [4.78, 5) is 12.0. The number of aromatic nitrogens is 2. The maximum atomic E-state index is 12.0. The summed E-state index contributed by atoms with van der Waals surface area (Å²) in [6.45, 7) is 0.744. The molecule has 0 unspecified atom stereocenters. The lowest BCUT2D eigenvalue weighted by atomic mass is 9.75. The smallest absolute Gasteiger partial charge is 0.271 e. The van der Waals surface area contributed by atoms with Gasteiger partial charge in [0.05, 0.1) is 0 Å². The molecule has 18 heavy (non-hydrogen) atoms. The van der Waals surface area contributed by atoms with Gasteiger partial charge in [0.1, 0.15) is 5.69 Å². The fourth-order valence-electron chi connectivity index (χ4n) is 2.55. The quantitative estimate of drug-likeness (QED) is 0.868. The highest BCUT2D eigenvalue weighted by Gasteiger charge is 2.31. The molecule has 2 rings (SSSR count). The topological polar surface area (TPSA) is 46.9 Å². The van der Waals surface area contributed by atoms with Crippen molar-refractivity contribution >= 4 is 21.8 Å². The summed E-state index contributed by atoms with van der Waals surface area (Å²) >= 11 is 3.61. The van der Waals surface area contributed by atoms with Gasteiger partial charge in [0.15, 0.2) is 0 Å². The van der Waals surface area contributed by atoms with Crippen LogP contribution in [0.2, 0.25) is 0 Å². The summed E-state index contributed by atoms with van der Waals surface area (Å²) in [7, 11) is 1.82. The van der Waals surface area contributed by atoms with Gasteiger partial charge in [-0.25, -0.2) is 0 Å². The van der Waals surface area contributed by atoms with Crippen LogP contribution in [-0.2, 0) is 7.05 Å². The van der Waals surface area contributed by atoms with Gasteiger partial charge in [-0.2, -0.15) is 5.10 Å². The summed E-state index contributed by atoms with van der Waals surface area (Å²) in [6, 6.07) is 1.75. The van der Waals surface area contributed by atoms with Crippen molar-refractivity contribution in [2.75, 3.05) is 11.9 Å². The molecule has 1 aliphatic rings. The zero-order chi connectivity index (χ0) is 13.0. The molecule has 0 aromatic carbocycles. The van der Waals surface area contributed by atoms with Crippen molar-refractivity contribution in [1.29, 1.82) is 0 Å². The van der Waals surface area contributed by atoms with E-state index < -0.39 is 0 Å². The Labute approximate surface area is 116 Å². The number of nitrogens with one attached hydrogen (secondary N) is 1. The molecule has 1 aromatic rings. The van der Waals surface area contributed by atoms with Gasteiger partial charge in [0.25, 0.3) is 5.91 Å². The second-order valence-electron chi connectivity index (χ2n) is 5.25. The molecule has 1 heterocycles. The number of nitrogens with zero attached hydrogens (tertiary/aromatic N) is 2. The van der Waals surface area contributed by atoms with Crippen molar-refractivity contribution < 1.29 is 4.79 Å². The van der Waals surface area contributed by atoms with Gasteiger partial charge in [-0.05, 0) is 24.3 Å². The van der Waals surface area contributed by atoms with E-state index in [9.17, 15) is 4.79 Å². The van der Waals surface area contributed by atoms with E-state index in [2.05, 4.69) is 26.3 Å². The Morgan fingerprint density at radius 1 is 1.50 bits per heavy atom. The first kappa shape index (κ1) is 13.6. The molecule has 0 saturated heterocycles. The van der Waals surface area contributed by atoms with Crippen LogP contribution in [0.3, 0.4) is 0 Å². The van der Waals surface area contributed by atoms with Gasteiger partial charge < -0.3 is 5.32 Å². The van der Waals surface area contributed by atoms with Crippen LogP contribution in [-0.4, -0.2) is 27.6 Å². The van der Waals surface area contributed by atoms with E-state index in [-0.39, 0.29) is 11.3 Å². The summed E-state index contributed by atoms with van der Waals surface area (Å²) < 4.78 is 1.65. The first-order valence-electron chi connectivity index (χ1n) is 6.49. The van der Waals surface area contributed by atoms with Gasteiger partial charge in [-0.3, -0.25) is 9.48 Å². The van der Waals surface area contributed by atoms with Crippen LogP contribution >= 0.6 is 15.9 Å². The zero-order valence-corrected chi connectivity index (χ0v) is 12.4. The molecule has 5 heteroatoms. The lowest BCUT2D eigenvalue weighted by Crippen LogP contribution is -2.40. The summed E-state index contributed by atoms with van der Waals surface area (Å²) in [5, 5.41) is 8.11. The number of aryl methyl sites for hydroxylation is 1. The normalized spacial score (nSPS) is 18.6. The van der Waals surface area contributed by atoms with E-state index in [0.717, 1.165) is 11.9 Å². The third kappa shape index (κ3) is 3.13. The SMILES string of the molecule is Cn1ccc(C(=O)NCC2(CBr)CCCCC2)n1. The van der Waals surface area contributed by atoms with Crippen LogP contribution < -0.4 is 5.32 Å². The van der Waals surface area contributed by atoms with E-state index >= 15 is 0 Å². The molecule has 1 aliphatic carbocycles. The Morgan fingerprint density at radius 2 is 2.22 bits per heavy atom. The minimum atomic E-state index is -0.0681. The Hall–Kier alpha value is -0.840. The largest absolute Gasteiger partial charge is 0.350 e. The number of carbonyl (C=O) groups is 1. The minimum absolute atomic E-state index is 0.0681. The van der Waals surface area contributed by atoms with Gasteiger partial charge in [-0.15, -0.1) is 0 Å². The Bertz CT molecular complexity index is 410. The number of amides is 1. The van der Waals surface area contributed by atoms with E-state index in [4.69, 9.17) is 0 Å². The standard InChI is InChI=1S/C13H20BrN3O/c1-17-8-5-11(16-17)12(18)15-10-13(9-14)6-3-2-4-7-13/h5,8H,2-4,6-7,9-10H2,1H3,(H,15,18). The lowest BCUT2D eigenvalue weighted by Gasteiger charge is -2.35. The van der Waals surface area contributed by atoms with Crippen LogP contribution in [0.4, 0.5) is 0 Å². The molecular weight excluding hydrogens is 294 g/mol. The Morgan fingerprint density at radius 3 is 2.78 bits per heavy atom. The van der Waals surface area contributed by atoms with E-state index in [0.29, 0.717) is 5.69 Å². The molecule has 1 amide bonds. The molecule has 0 radical (unpaired) electrons. The number of rotatable bonds is 4. The maximum Gasteiger partial charge on any atom is 0.271 e. The maximum absolute atomic E-state index is 12.0. The highest BCUT2D eigenvalue weighted by atomic mass is 79.9. The fourth-order valence-corrected chi connectivity index (χ4v) is 3.31. The van der Waals surface area contributed by atoms with E-state index in [1.54, 1.807) is 16.9 Å². The summed E-state index contributed by atoms with van der Waals surface area (Å²) in [6.07, 6.45) is 8.04. The van der Waals surface area contributed by atoms with Gasteiger partial charge in [0, 0.05) is 25.1 Å². The third-order valence-corrected chi connectivity index (χ3v) is 4.96.